The van der Waals surface area contributed by atoms with Crippen molar-refractivity contribution in [2.24, 2.45) is 0 Å². The van der Waals surface area contributed by atoms with E-state index in [9.17, 15) is 0 Å². The number of hydrogen-bond donors (Lipinski definition) is 0. The van der Waals surface area contributed by atoms with Crippen molar-refractivity contribution in [1.82, 2.24) is 18.6 Å². The van der Waals surface area contributed by atoms with Crippen molar-refractivity contribution >= 4 is 29.8 Å². The van der Waals surface area contributed by atoms with Crippen LogP contribution >= 0.6 is 23.9 Å². The number of fused-ring (bicyclic) bond motifs is 1. The first-order valence-electron chi connectivity index (χ1n) is 8.85. The molecule has 0 saturated carbocycles. The predicted molar refractivity (Wildman–Crippen MR) is 105 cm³/mol. The molecule has 2 aromatic rings. The normalized spacial score (nSPS) is 18.5. The first kappa shape index (κ1) is 17.1. The largest absolute Gasteiger partial charge is 0.338 e. The molecule has 0 amide bonds. The van der Waals surface area contributed by atoms with E-state index in [4.69, 9.17) is 0 Å². The minimum atomic E-state index is 0.866. The highest BCUT2D eigenvalue weighted by atomic mass is 32.2. The molecule has 25 heavy (non-hydrogen) atoms. The van der Waals surface area contributed by atoms with E-state index in [1.165, 1.54) is 29.2 Å². The van der Waals surface area contributed by atoms with Gasteiger partial charge in [-0.05, 0) is 61.5 Å². The number of rotatable bonds is 6. The average Bonchev–Trinajstić information content (AvgIpc) is 3.09. The van der Waals surface area contributed by atoms with Gasteiger partial charge in [0.05, 0.1) is 0 Å². The van der Waals surface area contributed by atoms with E-state index >= 15 is 0 Å². The van der Waals surface area contributed by atoms with Crippen molar-refractivity contribution in [3.8, 4) is 0 Å². The van der Waals surface area contributed by atoms with E-state index in [0.29, 0.717) is 0 Å². The number of unbranched alkanes of at least 4 members (excludes halogenated alkanes) is 1. The Morgan fingerprint density at radius 3 is 2.12 bits per heavy atom. The van der Waals surface area contributed by atoms with Crippen molar-refractivity contribution < 1.29 is 0 Å². The molecule has 0 radical (unpaired) electrons. The van der Waals surface area contributed by atoms with Crippen LogP contribution in [0.2, 0.25) is 0 Å². The van der Waals surface area contributed by atoms with Crippen LogP contribution in [-0.2, 0) is 0 Å². The molecule has 0 bridgehead atoms. The summed E-state index contributed by atoms with van der Waals surface area (Å²) in [5.41, 5.74) is 0. The number of piperazine rings is 1. The van der Waals surface area contributed by atoms with E-state index in [2.05, 4.69) is 47.7 Å². The van der Waals surface area contributed by atoms with Crippen LogP contribution in [-0.4, -0.2) is 57.8 Å². The first-order valence-corrected chi connectivity index (χ1v) is 10.4. The monoisotopic (exact) mass is 373 g/mol. The molecule has 7 heteroatoms. The van der Waals surface area contributed by atoms with Crippen LogP contribution in [0, 0.1) is 0 Å². The summed E-state index contributed by atoms with van der Waals surface area (Å²) in [6.45, 7) is 6.60. The minimum absolute atomic E-state index is 0.866. The van der Waals surface area contributed by atoms with Crippen molar-refractivity contribution in [3.63, 3.8) is 0 Å². The summed E-state index contributed by atoms with van der Waals surface area (Å²) in [6, 6.07) is 10.5. The topological polar surface area (TPSA) is 35.5 Å². The fourth-order valence-corrected chi connectivity index (χ4v) is 5.46. The molecule has 1 fully saturated rings. The molecule has 1 aromatic carbocycles. The highest BCUT2D eigenvalue weighted by Gasteiger charge is 2.21. The second kappa shape index (κ2) is 8.40. The lowest BCUT2D eigenvalue weighted by Gasteiger charge is -2.34. The lowest BCUT2D eigenvalue weighted by atomic mass is 10.2. The Balaban J connectivity index is 1.13. The maximum Gasteiger partial charge on any atom is 0.225 e. The van der Waals surface area contributed by atoms with Crippen molar-refractivity contribution in [3.05, 3.63) is 42.7 Å². The Hall–Kier alpha value is -1.28. The number of benzene rings is 1. The second-order valence-corrected chi connectivity index (χ2v) is 8.63. The lowest BCUT2D eigenvalue weighted by Crippen LogP contribution is -2.47. The van der Waals surface area contributed by atoms with Crippen LogP contribution in [0.15, 0.2) is 52.5 Å². The summed E-state index contributed by atoms with van der Waals surface area (Å²) < 4.78 is 2.41. The average molecular weight is 374 g/mol. The van der Waals surface area contributed by atoms with Crippen molar-refractivity contribution in [2.75, 3.05) is 44.2 Å². The van der Waals surface area contributed by atoms with Gasteiger partial charge in [0.2, 0.25) is 5.95 Å². The van der Waals surface area contributed by atoms with Gasteiger partial charge in [0.15, 0.2) is 0 Å². The first-order chi connectivity index (χ1) is 12.4. The summed E-state index contributed by atoms with van der Waals surface area (Å²) in [5, 5.41) is 0. The van der Waals surface area contributed by atoms with Gasteiger partial charge in [-0.25, -0.2) is 9.97 Å². The fraction of sp³-hybridized carbons (Fsp3) is 0.444. The highest BCUT2D eigenvalue weighted by Crippen LogP contribution is 2.45. The van der Waals surface area contributed by atoms with Gasteiger partial charge in [-0.2, -0.15) is 3.71 Å². The third-order valence-corrected chi connectivity index (χ3v) is 6.98. The van der Waals surface area contributed by atoms with Gasteiger partial charge in [-0.15, -0.1) is 0 Å². The lowest BCUT2D eigenvalue weighted by molar-refractivity contribution is 0.251. The molecule has 1 aromatic heterocycles. The van der Waals surface area contributed by atoms with E-state index in [-0.39, 0.29) is 0 Å². The molecule has 4 rings (SSSR count). The summed E-state index contributed by atoms with van der Waals surface area (Å²) in [4.78, 5) is 16.3. The number of nitrogens with zero attached hydrogens (tertiary/aromatic N) is 5. The molecule has 0 aliphatic carbocycles. The third-order valence-electron chi connectivity index (χ3n) is 4.52. The van der Waals surface area contributed by atoms with Gasteiger partial charge >= 0.3 is 0 Å². The van der Waals surface area contributed by atoms with E-state index in [0.717, 1.165) is 38.7 Å². The molecule has 1 saturated heterocycles. The van der Waals surface area contributed by atoms with Crippen molar-refractivity contribution in [1.29, 1.82) is 0 Å². The molecule has 0 spiro atoms. The quantitative estimate of drug-likeness (QED) is 0.567. The molecular formula is C18H23N5S2. The predicted octanol–water partition coefficient (Wildman–Crippen LogP) is 3.41. The maximum absolute atomic E-state index is 4.35. The smallest absolute Gasteiger partial charge is 0.225 e. The number of aromatic nitrogens is 2. The SMILES string of the molecule is c1cnc(N2CCN(CCCCN3Sc4ccccc4S3)CC2)nc1. The molecule has 132 valence electrons. The van der Waals surface area contributed by atoms with E-state index in [1.54, 1.807) is 0 Å². The number of hydrogen-bond acceptors (Lipinski definition) is 7. The van der Waals surface area contributed by atoms with Gasteiger partial charge in [-0.3, -0.25) is 4.90 Å². The van der Waals surface area contributed by atoms with Crippen LogP contribution in [0.3, 0.4) is 0 Å². The van der Waals surface area contributed by atoms with Crippen LogP contribution in [0.4, 0.5) is 5.95 Å². The van der Waals surface area contributed by atoms with Crippen LogP contribution in [0.25, 0.3) is 0 Å². The van der Waals surface area contributed by atoms with Crippen LogP contribution < -0.4 is 4.90 Å². The Morgan fingerprint density at radius 2 is 1.44 bits per heavy atom. The molecule has 0 N–H and O–H groups in total. The fourth-order valence-electron chi connectivity index (χ4n) is 3.13. The minimum Gasteiger partial charge on any atom is -0.338 e. The van der Waals surface area contributed by atoms with Gasteiger partial charge in [-0.1, -0.05) is 12.1 Å². The molecule has 5 nitrogen and oxygen atoms in total. The van der Waals surface area contributed by atoms with Gasteiger partial charge in [0, 0.05) is 54.9 Å². The maximum atomic E-state index is 4.35. The van der Waals surface area contributed by atoms with E-state index in [1.807, 2.05) is 42.4 Å². The van der Waals surface area contributed by atoms with Crippen LogP contribution in [0.1, 0.15) is 12.8 Å². The summed E-state index contributed by atoms with van der Waals surface area (Å²) in [6.07, 6.45) is 6.15. The summed E-state index contributed by atoms with van der Waals surface area (Å²) >= 11 is 3.76. The molecule has 2 aliphatic rings. The van der Waals surface area contributed by atoms with Crippen molar-refractivity contribution in [2.45, 2.75) is 22.6 Å². The Bertz CT molecular complexity index is 651. The number of anilines is 1. The zero-order chi connectivity index (χ0) is 16.9. The molecule has 2 aliphatic heterocycles. The van der Waals surface area contributed by atoms with Gasteiger partial charge in [0.25, 0.3) is 0 Å². The van der Waals surface area contributed by atoms with E-state index < -0.39 is 0 Å². The zero-order valence-corrected chi connectivity index (χ0v) is 15.9. The summed E-state index contributed by atoms with van der Waals surface area (Å²) in [5.74, 6) is 0.866. The Labute approximate surface area is 158 Å². The standard InChI is InChI=1S/C18H23N5S2/c1-2-7-17-16(6-1)24-23(25-17)11-4-3-10-21-12-14-22(15-13-21)18-19-8-5-9-20-18/h1-2,5-9H,3-4,10-15H2. The second-order valence-electron chi connectivity index (χ2n) is 6.27. The Kier molecular flexibility index (Phi) is 5.76. The molecule has 0 atom stereocenters. The molecule has 0 unspecified atom stereocenters. The third kappa shape index (κ3) is 4.47. The van der Waals surface area contributed by atoms with Gasteiger partial charge in [0.1, 0.15) is 0 Å². The van der Waals surface area contributed by atoms with Crippen LogP contribution in [0.5, 0.6) is 0 Å². The molecule has 3 heterocycles. The summed E-state index contributed by atoms with van der Waals surface area (Å²) in [7, 11) is 0. The zero-order valence-electron chi connectivity index (χ0n) is 14.3. The highest BCUT2D eigenvalue weighted by molar-refractivity contribution is 8.14. The Morgan fingerprint density at radius 1 is 0.800 bits per heavy atom. The molecular weight excluding hydrogens is 350 g/mol. The van der Waals surface area contributed by atoms with Gasteiger partial charge < -0.3 is 4.90 Å².